The summed E-state index contributed by atoms with van der Waals surface area (Å²) < 4.78 is 0. The largest absolute Gasteiger partial charge is 0.337 e. The first-order valence-electron chi connectivity index (χ1n) is 7.53. The molecule has 0 saturated carbocycles. The molecule has 2 aliphatic rings. The van der Waals surface area contributed by atoms with Gasteiger partial charge in [-0.25, -0.2) is 4.98 Å². The minimum absolute atomic E-state index is 0.0126. The van der Waals surface area contributed by atoms with E-state index in [-0.39, 0.29) is 5.91 Å². The molecule has 2 atom stereocenters. The van der Waals surface area contributed by atoms with Gasteiger partial charge < -0.3 is 10.2 Å². The molecular formula is C16H18N4O. The molecule has 5 nitrogen and oxygen atoms in total. The van der Waals surface area contributed by atoms with Crippen LogP contribution in [0.2, 0.25) is 0 Å². The van der Waals surface area contributed by atoms with Crippen molar-refractivity contribution in [2.75, 3.05) is 26.2 Å². The maximum Gasteiger partial charge on any atom is 0.274 e. The Morgan fingerprint density at radius 1 is 1.19 bits per heavy atom. The number of fused-ring (bicyclic) bond motifs is 2. The molecule has 0 spiro atoms. The summed E-state index contributed by atoms with van der Waals surface area (Å²) in [6, 6.07) is 7.65. The van der Waals surface area contributed by atoms with Gasteiger partial charge in [-0.15, -0.1) is 0 Å². The summed E-state index contributed by atoms with van der Waals surface area (Å²) in [6.45, 7) is 3.79. The van der Waals surface area contributed by atoms with Gasteiger partial charge in [0.2, 0.25) is 0 Å². The molecule has 1 aromatic heterocycles. The average Bonchev–Trinajstić information content (AvgIpc) is 3.01. The molecule has 2 fully saturated rings. The van der Waals surface area contributed by atoms with Crippen LogP contribution >= 0.6 is 0 Å². The molecule has 2 aliphatic heterocycles. The molecule has 1 amide bonds. The Hall–Kier alpha value is -2.01. The van der Waals surface area contributed by atoms with Crippen LogP contribution in [0, 0.1) is 11.8 Å². The molecule has 1 aromatic carbocycles. The summed E-state index contributed by atoms with van der Waals surface area (Å²) in [5, 5.41) is 3.42. The number of carbonyl (C=O) groups excluding carboxylic acids is 1. The van der Waals surface area contributed by atoms with Crippen molar-refractivity contribution in [3.63, 3.8) is 0 Å². The smallest absolute Gasteiger partial charge is 0.274 e. The number of nitrogens with zero attached hydrogens (tertiary/aromatic N) is 3. The Morgan fingerprint density at radius 3 is 2.90 bits per heavy atom. The normalized spacial score (nSPS) is 25.0. The van der Waals surface area contributed by atoms with E-state index in [4.69, 9.17) is 0 Å². The molecule has 1 N–H and O–H groups in total. The summed E-state index contributed by atoms with van der Waals surface area (Å²) in [4.78, 5) is 23.4. The molecule has 2 unspecified atom stereocenters. The highest BCUT2D eigenvalue weighted by molar-refractivity contribution is 5.93. The number of benzene rings is 1. The van der Waals surface area contributed by atoms with Crippen molar-refractivity contribution in [3.8, 4) is 0 Å². The van der Waals surface area contributed by atoms with Crippen molar-refractivity contribution < 1.29 is 4.79 Å². The van der Waals surface area contributed by atoms with Crippen LogP contribution in [0.5, 0.6) is 0 Å². The van der Waals surface area contributed by atoms with Gasteiger partial charge in [-0.3, -0.25) is 9.78 Å². The number of aromatic nitrogens is 2. The molecular weight excluding hydrogens is 264 g/mol. The summed E-state index contributed by atoms with van der Waals surface area (Å²) in [5.41, 5.74) is 2.06. The van der Waals surface area contributed by atoms with Crippen LogP contribution in [0.25, 0.3) is 11.0 Å². The Bertz CT molecular complexity index is 687. The van der Waals surface area contributed by atoms with Gasteiger partial charge in [-0.2, -0.15) is 0 Å². The fourth-order valence-corrected chi connectivity index (χ4v) is 3.44. The zero-order valence-electron chi connectivity index (χ0n) is 11.8. The van der Waals surface area contributed by atoms with Crippen LogP contribution in [-0.2, 0) is 0 Å². The Kier molecular flexibility index (Phi) is 3.07. The number of hydrogen-bond donors (Lipinski definition) is 1. The fourth-order valence-electron chi connectivity index (χ4n) is 3.44. The molecule has 21 heavy (non-hydrogen) atoms. The second-order valence-electron chi connectivity index (χ2n) is 5.96. The van der Waals surface area contributed by atoms with Crippen LogP contribution in [0.3, 0.4) is 0 Å². The third kappa shape index (κ3) is 2.27. The lowest BCUT2D eigenvalue weighted by Crippen LogP contribution is -2.43. The van der Waals surface area contributed by atoms with Crippen molar-refractivity contribution in [3.05, 3.63) is 36.2 Å². The monoisotopic (exact) mass is 282 g/mol. The van der Waals surface area contributed by atoms with Crippen LogP contribution in [0.1, 0.15) is 16.9 Å². The topological polar surface area (TPSA) is 58.1 Å². The zero-order chi connectivity index (χ0) is 14.2. The van der Waals surface area contributed by atoms with E-state index in [0.717, 1.165) is 49.6 Å². The van der Waals surface area contributed by atoms with Crippen LogP contribution < -0.4 is 5.32 Å². The second-order valence-corrected chi connectivity index (χ2v) is 5.96. The van der Waals surface area contributed by atoms with Gasteiger partial charge in [-0.05, 0) is 43.5 Å². The summed E-state index contributed by atoms with van der Waals surface area (Å²) in [6.07, 6.45) is 2.69. The van der Waals surface area contributed by atoms with Gasteiger partial charge in [0.25, 0.3) is 5.91 Å². The average molecular weight is 282 g/mol. The maximum atomic E-state index is 12.6. The predicted octanol–water partition coefficient (Wildman–Crippen LogP) is 1.31. The van der Waals surface area contributed by atoms with Crippen LogP contribution in [0.15, 0.2) is 30.5 Å². The highest BCUT2D eigenvalue weighted by Gasteiger charge is 2.35. The van der Waals surface area contributed by atoms with Gasteiger partial charge in [0.05, 0.1) is 17.2 Å². The van der Waals surface area contributed by atoms with Crippen molar-refractivity contribution in [1.29, 1.82) is 0 Å². The SMILES string of the molecule is O=C(c1cnc2ccccc2n1)N1CCC2CNCC2C1. The molecule has 5 heteroatoms. The lowest BCUT2D eigenvalue weighted by Gasteiger charge is -2.34. The van der Waals surface area contributed by atoms with Crippen molar-refractivity contribution >= 4 is 16.9 Å². The third-order valence-corrected chi connectivity index (χ3v) is 4.66. The van der Waals surface area contributed by atoms with E-state index in [1.54, 1.807) is 6.20 Å². The van der Waals surface area contributed by atoms with Crippen molar-refractivity contribution in [2.24, 2.45) is 11.8 Å². The van der Waals surface area contributed by atoms with Gasteiger partial charge >= 0.3 is 0 Å². The van der Waals surface area contributed by atoms with Gasteiger partial charge in [0.15, 0.2) is 0 Å². The number of likely N-dealkylation sites (tertiary alicyclic amines) is 1. The second kappa shape index (κ2) is 5.07. The minimum Gasteiger partial charge on any atom is -0.337 e. The molecule has 2 saturated heterocycles. The lowest BCUT2D eigenvalue weighted by molar-refractivity contribution is 0.0636. The highest BCUT2D eigenvalue weighted by Crippen LogP contribution is 2.27. The first-order valence-corrected chi connectivity index (χ1v) is 7.53. The quantitative estimate of drug-likeness (QED) is 0.857. The third-order valence-electron chi connectivity index (χ3n) is 4.66. The Morgan fingerprint density at radius 2 is 2.00 bits per heavy atom. The molecule has 0 bridgehead atoms. The minimum atomic E-state index is 0.0126. The van der Waals surface area contributed by atoms with Crippen molar-refractivity contribution in [2.45, 2.75) is 6.42 Å². The summed E-state index contributed by atoms with van der Waals surface area (Å²) >= 11 is 0. The molecule has 0 radical (unpaired) electrons. The fraction of sp³-hybridized carbons (Fsp3) is 0.438. The predicted molar refractivity (Wildman–Crippen MR) is 79.9 cm³/mol. The van der Waals surface area contributed by atoms with Gasteiger partial charge in [-0.1, -0.05) is 12.1 Å². The molecule has 108 valence electrons. The molecule has 0 aliphatic carbocycles. The summed E-state index contributed by atoms with van der Waals surface area (Å²) in [7, 11) is 0. The van der Waals surface area contributed by atoms with E-state index in [0.29, 0.717) is 11.6 Å². The number of carbonyl (C=O) groups is 1. The molecule has 4 rings (SSSR count). The van der Waals surface area contributed by atoms with E-state index in [1.807, 2.05) is 29.2 Å². The van der Waals surface area contributed by atoms with E-state index in [2.05, 4.69) is 15.3 Å². The maximum absolute atomic E-state index is 12.6. The number of hydrogen-bond acceptors (Lipinski definition) is 4. The zero-order valence-corrected chi connectivity index (χ0v) is 11.8. The lowest BCUT2D eigenvalue weighted by atomic mass is 9.88. The summed E-state index contributed by atoms with van der Waals surface area (Å²) in [5.74, 6) is 1.34. The van der Waals surface area contributed by atoms with E-state index >= 15 is 0 Å². The van der Waals surface area contributed by atoms with Gasteiger partial charge in [0, 0.05) is 13.1 Å². The van der Waals surface area contributed by atoms with E-state index in [9.17, 15) is 4.79 Å². The highest BCUT2D eigenvalue weighted by atomic mass is 16.2. The van der Waals surface area contributed by atoms with Crippen LogP contribution in [-0.4, -0.2) is 47.0 Å². The standard InChI is InChI=1S/C16H18N4O/c21-16(20-6-5-11-7-17-8-12(11)10-20)15-9-18-13-3-1-2-4-14(13)19-15/h1-4,9,11-12,17H,5-8,10H2. The number of nitrogens with one attached hydrogen (secondary N) is 1. The number of para-hydroxylation sites is 2. The molecule has 2 aromatic rings. The van der Waals surface area contributed by atoms with E-state index < -0.39 is 0 Å². The Balaban J connectivity index is 1.58. The molecule has 3 heterocycles. The first-order chi connectivity index (χ1) is 10.3. The van der Waals surface area contributed by atoms with Crippen LogP contribution in [0.4, 0.5) is 0 Å². The van der Waals surface area contributed by atoms with Crippen molar-refractivity contribution in [1.82, 2.24) is 20.2 Å². The number of rotatable bonds is 1. The first kappa shape index (κ1) is 12.7. The van der Waals surface area contributed by atoms with E-state index in [1.165, 1.54) is 0 Å². The van der Waals surface area contributed by atoms with Gasteiger partial charge in [0.1, 0.15) is 5.69 Å². The number of amides is 1. The Labute approximate surface area is 123 Å². The number of piperidine rings is 1.